The van der Waals surface area contributed by atoms with E-state index in [-0.39, 0.29) is 5.82 Å². The van der Waals surface area contributed by atoms with Crippen molar-refractivity contribution in [1.82, 2.24) is 9.55 Å². The largest absolute Gasteiger partial charge is 0.394 e. The highest BCUT2D eigenvalue weighted by Gasteiger charge is 2.43. The fourth-order valence-electron chi connectivity index (χ4n) is 1.78. The van der Waals surface area contributed by atoms with Crippen LogP contribution in [0.4, 0.5) is 5.82 Å². The van der Waals surface area contributed by atoms with Gasteiger partial charge in [-0.1, -0.05) is 0 Å². The molecule has 0 radical (unpaired) electrons. The van der Waals surface area contributed by atoms with E-state index in [2.05, 4.69) is 4.98 Å². The summed E-state index contributed by atoms with van der Waals surface area (Å²) in [7, 11) is 0. The first-order chi connectivity index (χ1) is 8.58. The van der Waals surface area contributed by atoms with E-state index in [1.54, 1.807) is 5.48 Å². The third-order valence-electron chi connectivity index (χ3n) is 2.74. The van der Waals surface area contributed by atoms with E-state index in [0.29, 0.717) is 0 Å². The van der Waals surface area contributed by atoms with Crippen molar-refractivity contribution in [3.8, 4) is 0 Å². The van der Waals surface area contributed by atoms with Gasteiger partial charge in [-0.2, -0.15) is 4.98 Å². The minimum Gasteiger partial charge on any atom is -0.394 e. The van der Waals surface area contributed by atoms with Gasteiger partial charge in [-0.05, 0) is 6.07 Å². The summed E-state index contributed by atoms with van der Waals surface area (Å²) in [6.07, 6.45) is -3.50. The van der Waals surface area contributed by atoms with Crippen LogP contribution < -0.4 is 11.2 Å². The monoisotopic (exact) mass is 259 g/mol. The molecule has 1 aliphatic heterocycles. The molecule has 0 aromatic carbocycles. The van der Waals surface area contributed by atoms with Crippen LogP contribution >= 0.6 is 0 Å². The van der Waals surface area contributed by atoms with Crippen molar-refractivity contribution in [3.05, 3.63) is 22.7 Å². The number of aliphatic hydroxyl groups excluding tert-OH is 3. The first kappa shape index (κ1) is 12.9. The summed E-state index contributed by atoms with van der Waals surface area (Å²) in [6, 6.07) is 1.29. The molecule has 1 aromatic rings. The predicted molar refractivity (Wildman–Crippen MR) is 56.9 cm³/mol. The molecule has 2 heterocycles. The molecular weight excluding hydrogens is 246 g/mol. The number of anilines is 1. The summed E-state index contributed by atoms with van der Waals surface area (Å²) in [5.74, 6) is -0.0528. The van der Waals surface area contributed by atoms with Gasteiger partial charge in [-0.15, -0.1) is 0 Å². The third kappa shape index (κ3) is 2.09. The second-order valence-corrected chi connectivity index (χ2v) is 3.84. The van der Waals surface area contributed by atoms with E-state index in [4.69, 9.17) is 15.1 Å². The number of nitrogens with zero attached hydrogens (tertiary/aromatic N) is 2. The SMILES string of the molecule is O=c1nc(NO)ccn1[C@H]1O[C@@H](CO)C(O)[C@H]1O. The highest BCUT2D eigenvalue weighted by atomic mass is 16.6. The molecule has 1 fully saturated rings. The van der Waals surface area contributed by atoms with Gasteiger partial charge in [0, 0.05) is 6.20 Å². The van der Waals surface area contributed by atoms with Crippen molar-refractivity contribution in [1.29, 1.82) is 0 Å². The fraction of sp³-hybridized carbons (Fsp3) is 0.556. The highest BCUT2D eigenvalue weighted by molar-refractivity contribution is 5.28. The van der Waals surface area contributed by atoms with Crippen LogP contribution in [-0.4, -0.2) is 55.0 Å². The molecular formula is C9H13N3O6. The van der Waals surface area contributed by atoms with Gasteiger partial charge >= 0.3 is 5.69 Å². The Bertz CT molecular complexity index is 478. The summed E-state index contributed by atoms with van der Waals surface area (Å²) in [5, 5.41) is 36.8. The minimum absolute atomic E-state index is 0.0528. The zero-order valence-corrected chi connectivity index (χ0v) is 9.17. The summed E-state index contributed by atoms with van der Waals surface area (Å²) >= 11 is 0. The summed E-state index contributed by atoms with van der Waals surface area (Å²) in [5.41, 5.74) is 0.934. The zero-order chi connectivity index (χ0) is 13.3. The first-order valence-corrected chi connectivity index (χ1v) is 5.20. The molecule has 4 atom stereocenters. The molecule has 1 saturated heterocycles. The van der Waals surface area contributed by atoms with Gasteiger partial charge in [0.1, 0.15) is 18.3 Å². The Morgan fingerprint density at radius 1 is 1.44 bits per heavy atom. The van der Waals surface area contributed by atoms with E-state index in [1.807, 2.05) is 0 Å². The lowest BCUT2D eigenvalue weighted by Gasteiger charge is -2.16. The van der Waals surface area contributed by atoms with Crippen molar-refractivity contribution < 1.29 is 25.3 Å². The lowest BCUT2D eigenvalue weighted by Crippen LogP contribution is -2.36. The Morgan fingerprint density at radius 2 is 2.17 bits per heavy atom. The van der Waals surface area contributed by atoms with Crippen molar-refractivity contribution >= 4 is 5.82 Å². The predicted octanol–water partition coefficient (Wildman–Crippen LogP) is -2.34. The smallest absolute Gasteiger partial charge is 0.351 e. The lowest BCUT2D eigenvalue weighted by molar-refractivity contribution is -0.0549. The van der Waals surface area contributed by atoms with Gasteiger partial charge < -0.3 is 20.1 Å². The molecule has 0 bridgehead atoms. The van der Waals surface area contributed by atoms with Gasteiger partial charge in [0.05, 0.1) is 6.61 Å². The van der Waals surface area contributed by atoms with Gasteiger partial charge in [0.25, 0.3) is 0 Å². The summed E-state index contributed by atoms with van der Waals surface area (Å²) < 4.78 is 6.13. The quantitative estimate of drug-likeness (QED) is 0.381. The molecule has 18 heavy (non-hydrogen) atoms. The van der Waals surface area contributed by atoms with Gasteiger partial charge in [-0.3, -0.25) is 15.3 Å². The van der Waals surface area contributed by atoms with Crippen molar-refractivity contribution in [2.75, 3.05) is 12.1 Å². The molecule has 1 aliphatic rings. The second kappa shape index (κ2) is 5.00. The Hall–Kier alpha value is -1.52. The van der Waals surface area contributed by atoms with Gasteiger partial charge in [-0.25, -0.2) is 4.79 Å². The molecule has 0 amide bonds. The lowest BCUT2D eigenvalue weighted by atomic mass is 10.1. The second-order valence-electron chi connectivity index (χ2n) is 3.84. The molecule has 0 aliphatic carbocycles. The third-order valence-corrected chi connectivity index (χ3v) is 2.74. The first-order valence-electron chi connectivity index (χ1n) is 5.20. The normalized spacial score (nSPS) is 31.6. The Labute approximate surface area is 101 Å². The zero-order valence-electron chi connectivity index (χ0n) is 9.17. The Balaban J connectivity index is 2.30. The standard InChI is InChI=1S/C9H13N3O6/c13-3-4-6(14)7(15)8(18-4)12-2-1-5(11-17)10-9(12)16/h1-2,4,6-8,13-15,17H,3H2,(H,10,11,16)/t4-,6?,7+,8-/m0/s1. The molecule has 100 valence electrons. The van der Waals surface area contributed by atoms with E-state index in [9.17, 15) is 15.0 Å². The van der Waals surface area contributed by atoms with Crippen molar-refractivity contribution in [2.24, 2.45) is 0 Å². The number of ether oxygens (including phenoxy) is 1. The molecule has 0 saturated carbocycles. The van der Waals surface area contributed by atoms with Crippen LogP contribution in [0.3, 0.4) is 0 Å². The average Bonchev–Trinajstić information content (AvgIpc) is 2.66. The molecule has 9 nitrogen and oxygen atoms in total. The van der Waals surface area contributed by atoms with Crippen LogP contribution in [0, 0.1) is 0 Å². The molecule has 1 unspecified atom stereocenters. The van der Waals surface area contributed by atoms with Gasteiger partial charge in [0.15, 0.2) is 12.0 Å². The van der Waals surface area contributed by atoms with E-state index in [0.717, 1.165) is 4.57 Å². The fourth-order valence-corrected chi connectivity index (χ4v) is 1.78. The van der Waals surface area contributed by atoms with Gasteiger partial charge in [0.2, 0.25) is 0 Å². The molecule has 5 N–H and O–H groups in total. The number of aromatic nitrogens is 2. The van der Waals surface area contributed by atoms with Crippen molar-refractivity contribution in [3.63, 3.8) is 0 Å². The van der Waals surface area contributed by atoms with E-state index >= 15 is 0 Å². The van der Waals surface area contributed by atoms with Crippen LogP contribution in [0.2, 0.25) is 0 Å². The minimum atomic E-state index is -1.35. The number of hydrogen-bond donors (Lipinski definition) is 5. The Morgan fingerprint density at radius 3 is 2.67 bits per heavy atom. The van der Waals surface area contributed by atoms with Crippen LogP contribution in [-0.2, 0) is 4.74 Å². The van der Waals surface area contributed by atoms with Crippen LogP contribution in [0.1, 0.15) is 6.23 Å². The number of nitrogens with one attached hydrogen (secondary N) is 1. The van der Waals surface area contributed by atoms with Crippen LogP contribution in [0.25, 0.3) is 0 Å². The van der Waals surface area contributed by atoms with Crippen LogP contribution in [0.15, 0.2) is 17.1 Å². The summed E-state index contributed by atoms with van der Waals surface area (Å²) in [4.78, 5) is 15.1. The molecule has 2 rings (SSSR count). The van der Waals surface area contributed by atoms with Crippen LogP contribution in [0.5, 0.6) is 0 Å². The van der Waals surface area contributed by atoms with Crippen molar-refractivity contribution in [2.45, 2.75) is 24.5 Å². The number of aliphatic hydroxyl groups is 3. The topological polar surface area (TPSA) is 137 Å². The number of hydrogen-bond acceptors (Lipinski definition) is 8. The average molecular weight is 259 g/mol. The highest BCUT2D eigenvalue weighted by Crippen LogP contribution is 2.27. The summed E-state index contributed by atoms with van der Waals surface area (Å²) in [6.45, 7) is -0.479. The Kier molecular flexibility index (Phi) is 3.59. The maximum atomic E-state index is 11.6. The maximum Gasteiger partial charge on any atom is 0.351 e. The molecule has 1 aromatic heterocycles. The molecule has 9 heteroatoms. The maximum absolute atomic E-state index is 11.6. The van der Waals surface area contributed by atoms with E-state index in [1.165, 1.54) is 12.3 Å². The molecule has 0 spiro atoms. The number of rotatable bonds is 3. The van der Waals surface area contributed by atoms with E-state index < -0.39 is 36.8 Å².